The maximum absolute atomic E-state index is 12.5. The number of nitrogens with zero attached hydrogens (tertiary/aromatic N) is 3. The molecule has 1 aromatic heterocycles. The third kappa shape index (κ3) is 2.96. The van der Waals surface area contributed by atoms with Crippen LogP contribution in [0.1, 0.15) is 30.7 Å². The van der Waals surface area contributed by atoms with E-state index in [2.05, 4.69) is 26.1 Å². The lowest BCUT2D eigenvalue weighted by atomic mass is 9.95. The van der Waals surface area contributed by atoms with Crippen molar-refractivity contribution in [3.63, 3.8) is 0 Å². The molecular weight excluding hydrogens is 331 g/mol. The van der Waals surface area contributed by atoms with E-state index in [1.807, 2.05) is 4.90 Å². The highest BCUT2D eigenvalue weighted by Gasteiger charge is 2.37. The van der Waals surface area contributed by atoms with Gasteiger partial charge in [-0.05, 0) is 12.8 Å². The summed E-state index contributed by atoms with van der Waals surface area (Å²) in [4.78, 5) is 2.11. The topological polar surface area (TPSA) is 29.0 Å². The predicted octanol–water partition coefficient (Wildman–Crippen LogP) is 3.70. The molecule has 0 amide bonds. The Morgan fingerprint density at radius 2 is 1.94 bits per heavy atom. The van der Waals surface area contributed by atoms with Crippen LogP contribution in [0.3, 0.4) is 0 Å². The van der Waals surface area contributed by atoms with Gasteiger partial charge in [0.15, 0.2) is 0 Å². The molecule has 1 aliphatic rings. The summed E-state index contributed by atoms with van der Waals surface area (Å²) in [5.74, 6) is 0. The third-order valence-corrected chi connectivity index (χ3v) is 5.23. The van der Waals surface area contributed by atoms with Crippen molar-refractivity contribution < 1.29 is 13.2 Å². The number of halogens is 4. The van der Waals surface area contributed by atoms with E-state index in [0.29, 0.717) is 21.3 Å². The molecule has 0 spiro atoms. The third-order valence-electron chi connectivity index (χ3n) is 3.10. The zero-order chi connectivity index (χ0) is 13.3. The van der Waals surface area contributed by atoms with E-state index in [9.17, 15) is 13.2 Å². The normalized spacial score (nSPS) is 25.2. The summed E-state index contributed by atoms with van der Waals surface area (Å²) >= 11 is 4.19. The number of anilines is 1. The molecule has 1 saturated carbocycles. The second-order valence-electron chi connectivity index (χ2n) is 4.37. The molecule has 0 bridgehead atoms. The molecule has 1 aromatic rings. The van der Waals surface area contributed by atoms with Crippen LogP contribution in [0.2, 0.25) is 0 Å². The summed E-state index contributed by atoms with van der Waals surface area (Å²) in [6.45, 7) is 0. The summed E-state index contributed by atoms with van der Waals surface area (Å²) in [6.07, 6.45) is -0.142. The average molecular weight is 344 g/mol. The van der Waals surface area contributed by atoms with Crippen molar-refractivity contribution in [2.24, 2.45) is 0 Å². The Morgan fingerprint density at radius 1 is 1.28 bits per heavy atom. The second kappa shape index (κ2) is 5.32. The molecule has 2 atom stereocenters. The van der Waals surface area contributed by atoms with E-state index in [4.69, 9.17) is 0 Å². The van der Waals surface area contributed by atoms with Crippen LogP contribution >= 0.6 is 27.3 Å². The fraction of sp³-hybridized carbons (Fsp3) is 0.800. The van der Waals surface area contributed by atoms with Crippen molar-refractivity contribution in [1.82, 2.24) is 10.2 Å². The fourth-order valence-corrected chi connectivity index (χ4v) is 3.79. The maximum Gasteiger partial charge on any atom is 0.445 e. The van der Waals surface area contributed by atoms with Gasteiger partial charge >= 0.3 is 6.18 Å². The van der Waals surface area contributed by atoms with Crippen LogP contribution in [0.5, 0.6) is 0 Å². The first kappa shape index (κ1) is 14.0. The van der Waals surface area contributed by atoms with Gasteiger partial charge in [0.05, 0.1) is 0 Å². The quantitative estimate of drug-likeness (QED) is 0.766. The molecule has 0 aliphatic heterocycles. The lowest BCUT2D eigenvalue weighted by Crippen LogP contribution is -2.40. The van der Waals surface area contributed by atoms with Crippen LogP contribution in [0.15, 0.2) is 0 Å². The molecule has 1 heterocycles. The zero-order valence-electron chi connectivity index (χ0n) is 9.74. The maximum atomic E-state index is 12.5. The van der Waals surface area contributed by atoms with Crippen LogP contribution < -0.4 is 4.90 Å². The Kier molecular flexibility index (Phi) is 4.15. The van der Waals surface area contributed by atoms with Crippen molar-refractivity contribution in [3.8, 4) is 0 Å². The van der Waals surface area contributed by atoms with Crippen LogP contribution in [-0.2, 0) is 6.18 Å². The molecule has 0 saturated heterocycles. The SMILES string of the molecule is CN(c1nnc(C(F)(F)F)s1)C1CCCCC1Br. The molecule has 102 valence electrons. The minimum atomic E-state index is -4.41. The van der Waals surface area contributed by atoms with Crippen molar-refractivity contribution in [1.29, 1.82) is 0 Å². The molecular formula is C10H13BrF3N3S. The van der Waals surface area contributed by atoms with Gasteiger partial charge in [-0.1, -0.05) is 40.1 Å². The van der Waals surface area contributed by atoms with E-state index < -0.39 is 11.2 Å². The Labute approximate surface area is 116 Å². The molecule has 18 heavy (non-hydrogen) atoms. The van der Waals surface area contributed by atoms with Gasteiger partial charge < -0.3 is 4.90 Å². The van der Waals surface area contributed by atoms with E-state index in [1.54, 1.807) is 7.05 Å². The Bertz CT molecular complexity index is 409. The lowest BCUT2D eigenvalue weighted by Gasteiger charge is -2.34. The minimum absolute atomic E-state index is 0.188. The monoisotopic (exact) mass is 343 g/mol. The first-order valence-corrected chi connectivity index (χ1v) is 7.40. The molecule has 8 heteroatoms. The Hall–Kier alpha value is -0.370. The Morgan fingerprint density at radius 3 is 2.50 bits per heavy atom. The van der Waals surface area contributed by atoms with E-state index in [0.717, 1.165) is 25.7 Å². The standard InChI is InChI=1S/C10H13BrF3N3S/c1-17(7-5-3-2-4-6(7)11)9-16-15-8(18-9)10(12,13)14/h6-7H,2-5H2,1H3. The second-order valence-corrected chi connectivity index (χ2v) is 6.50. The van der Waals surface area contributed by atoms with Gasteiger partial charge in [0, 0.05) is 17.9 Å². The minimum Gasteiger partial charge on any atom is -0.346 e. The smallest absolute Gasteiger partial charge is 0.346 e. The highest BCUT2D eigenvalue weighted by molar-refractivity contribution is 9.09. The summed E-state index contributed by atoms with van der Waals surface area (Å²) < 4.78 is 37.4. The summed E-state index contributed by atoms with van der Waals surface area (Å²) in [5, 5.41) is 6.31. The van der Waals surface area contributed by atoms with Gasteiger partial charge in [0.2, 0.25) is 10.1 Å². The molecule has 0 aromatic carbocycles. The zero-order valence-corrected chi connectivity index (χ0v) is 12.1. The lowest BCUT2D eigenvalue weighted by molar-refractivity contribution is -0.138. The van der Waals surface area contributed by atoms with E-state index >= 15 is 0 Å². The van der Waals surface area contributed by atoms with Crippen molar-refractivity contribution in [3.05, 3.63) is 5.01 Å². The van der Waals surface area contributed by atoms with Gasteiger partial charge in [-0.2, -0.15) is 13.2 Å². The van der Waals surface area contributed by atoms with Gasteiger partial charge in [-0.15, -0.1) is 10.2 Å². The van der Waals surface area contributed by atoms with Gasteiger partial charge in [-0.25, -0.2) is 0 Å². The molecule has 0 radical (unpaired) electrons. The number of alkyl halides is 4. The number of hydrogen-bond donors (Lipinski definition) is 0. The van der Waals surface area contributed by atoms with Gasteiger partial charge in [-0.3, -0.25) is 0 Å². The first-order valence-electron chi connectivity index (χ1n) is 5.67. The predicted molar refractivity (Wildman–Crippen MR) is 68.3 cm³/mol. The molecule has 0 N–H and O–H groups in total. The molecule has 1 aliphatic carbocycles. The van der Waals surface area contributed by atoms with Crippen molar-refractivity contribution in [2.45, 2.75) is 42.7 Å². The Balaban J connectivity index is 2.13. The molecule has 3 nitrogen and oxygen atoms in total. The van der Waals surface area contributed by atoms with Crippen LogP contribution in [-0.4, -0.2) is 28.1 Å². The van der Waals surface area contributed by atoms with Gasteiger partial charge in [0.1, 0.15) is 0 Å². The highest BCUT2D eigenvalue weighted by atomic mass is 79.9. The molecule has 1 fully saturated rings. The van der Waals surface area contributed by atoms with E-state index in [-0.39, 0.29) is 6.04 Å². The van der Waals surface area contributed by atoms with Crippen LogP contribution in [0, 0.1) is 0 Å². The largest absolute Gasteiger partial charge is 0.445 e. The van der Waals surface area contributed by atoms with Crippen LogP contribution in [0.4, 0.5) is 18.3 Å². The summed E-state index contributed by atoms with van der Waals surface area (Å²) in [7, 11) is 1.78. The van der Waals surface area contributed by atoms with Gasteiger partial charge in [0.25, 0.3) is 0 Å². The number of rotatable bonds is 2. The molecule has 2 rings (SSSR count). The number of hydrogen-bond acceptors (Lipinski definition) is 4. The average Bonchev–Trinajstić information content (AvgIpc) is 2.77. The fourth-order valence-electron chi connectivity index (χ4n) is 2.12. The van der Waals surface area contributed by atoms with Crippen molar-refractivity contribution in [2.75, 3.05) is 11.9 Å². The number of aromatic nitrogens is 2. The van der Waals surface area contributed by atoms with E-state index in [1.165, 1.54) is 0 Å². The summed E-state index contributed by atoms with van der Waals surface area (Å²) in [6, 6.07) is 0.188. The highest BCUT2D eigenvalue weighted by Crippen LogP contribution is 2.36. The first-order chi connectivity index (χ1) is 8.39. The summed E-state index contributed by atoms with van der Waals surface area (Å²) in [5.41, 5.74) is 0. The molecule has 2 unspecified atom stereocenters. The van der Waals surface area contributed by atoms with Crippen molar-refractivity contribution >= 4 is 32.4 Å². The van der Waals surface area contributed by atoms with Crippen LogP contribution in [0.25, 0.3) is 0 Å².